The molecule has 0 bridgehead atoms. The van der Waals surface area contributed by atoms with Crippen molar-refractivity contribution in [2.45, 2.75) is 19.1 Å². The van der Waals surface area contributed by atoms with Crippen molar-refractivity contribution in [1.29, 1.82) is 0 Å². The van der Waals surface area contributed by atoms with E-state index in [1.165, 1.54) is 16.7 Å². The fraction of sp³-hybridized carbons (Fsp3) is 0.286. The second kappa shape index (κ2) is 10.9. The van der Waals surface area contributed by atoms with Gasteiger partial charge < -0.3 is 15.5 Å². The smallest absolute Gasteiger partial charge is 0.243 e. The lowest BCUT2D eigenvalue weighted by Crippen LogP contribution is -2.39. The molecule has 0 saturated heterocycles. The zero-order chi connectivity index (χ0) is 21.4. The Morgan fingerprint density at radius 1 is 1.03 bits per heavy atom. The summed E-state index contributed by atoms with van der Waals surface area (Å²) in [5.41, 5.74) is 2.40. The molecule has 1 unspecified atom stereocenters. The van der Waals surface area contributed by atoms with Crippen LogP contribution in [0.2, 0.25) is 5.02 Å². The molecule has 2 aromatic carbocycles. The van der Waals surface area contributed by atoms with E-state index in [1.807, 2.05) is 31.2 Å². The van der Waals surface area contributed by atoms with E-state index >= 15 is 0 Å². The minimum absolute atomic E-state index is 0.0915. The van der Waals surface area contributed by atoms with Crippen LogP contribution in [-0.4, -0.2) is 47.2 Å². The molecule has 154 valence electrons. The van der Waals surface area contributed by atoms with Crippen LogP contribution < -0.4 is 10.6 Å². The van der Waals surface area contributed by atoms with E-state index in [4.69, 9.17) is 11.6 Å². The molecule has 0 aliphatic heterocycles. The molecule has 2 N–H and O–H groups in total. The number of carbonyl (C=O) groups is 3. The number of amides is 3. The lowest BCUT2D eigenvalue weighted by molar-refractivity contribution is -0.132. The quantitative estimate of drug-likeness (QED) is 0.663. The van der Waals surface area contributed by atoms with Gasteiger partial charge in [0.1, 0.15) is 0 Å². The molecule has 29 heavy (non-hydrogen) atoms. The van der Waals surface area contributed by atoms with E-state index in [0.717, 1.165) is 11.3 Å². The van der Waals surface area contributed by atoms with Gasteiger partial charge in [0.15, 0.2) is 0 Å². The summed E-state index contributed by atoms with van der Waals surface area (Å²) in [6.07, 6.45) is 0. The Morgan fingerprint density at radius 2 is 1.69 bits per heavy atom. The number of benzene rings is 2. The van der Waals surface area contributed by atoms with Crippen molar-refractivity contribution in [1.82, 2.24) is 4.90 Å². The van der Waals surface area contributed by atoms with E-state index in [9.17, 15) is 14.4 Å². The topological polar surface area (TPSA) is 78.5 Å². The zero-order valence-corrected chi connectivity index (χ0v) is 18.1. The average Bonchev–Trinajstić information content (AvgIpc) is 2.67. The van der Waals surface area contributed by atoms with Crippen LogP contribution in [-0.2, 0) is 14.4 Å². The van der Waals surface area contributed by atoms with Gasteiger partial charge in [-0.25, -0.2) is 0 Å². The summed E-state index contributed by atoms with van der Waals surface area (Å²) in [7, 11) is 1.56. The molecule has 1 atom stereocenters. The predicted molar refractivity (Wildman–Crippen MR) is 119 cm³/mol. The van der Waals surface area contributed by atoms with Crippen molar-refractivity contribution >= 4 is 52.5 Å². The molecule has 0 aliphatic rings. The highest BCUT2D eigenvalue weighted by atomic mass is 35.5. The van der Waals surface area contributed by atoms with Gasteiger partial charge in [0.05, 0.1) is 17.5 Å². The summed E-state index contributed by atoms with van der Waals surface area (Å²) < 4.78 is 0. The third kappa shape index (κ3) is 7.79. The van der Waals surface area contributed by atoms with Crippen LogP contribution in [0.25, 0.3) is 0 Å². The molecule has 2 rings (SSSR count). The van der Waals surface area contributed by atoms with Gasteiger partial charge >= 0.3 is 0 Å². The number of nitrogens with zero attached hydrogens (tertiary/aromatic N) is 1. The molecular formula is C21H24ClN3O3S. The maximum atomic E-state index is 12.5. The fourth-order valence-electron chi connectivity index (χ4n) is 2.48. The number of halogens is 1. The molecule has 2 aromatic rings. The van der Waals surface area contributed by atoms with E-state index in [0.29, 0.717) is 10.7 Å². The monoisotopic (exact) mass is 433 g/mol. The van der Waals surface area contributed by atoms with Gasteiger partial charge in [-0.15, -0.1) is 11.8 Å². The third-order valence-electron chi connectivity index (χ3n) is 4.01. The lowest BCUT2D eigenvalue weighted by atomic mass is 10.2. The van der Waals surface area contributed by atoms with Gasteiger partial charge in [-0.05, 0) is 44.2 Å². The first-order chi connectivity index (χ1) is 13.7. The molecule has 0 heterocycles. The van der Waals surface area contributed by atoms with Crippen molar-refractivity contribution in [3.8, 4) is 0 Å². The minimum Gasteiger partial charge on any atom is -0.335 e. The maximum Gasteiger partial charge on any atom is 0.243 e. The van der Waals surface area contributed by atoms with Gasteiger partial charge in [0, 0.05) is 23.4 Å². The van der Waals surface area contributed by atoms with Crippen LogP contribution in [0.3, 0.4) is 0 Å². The summed E-state index contributed by atoms with van der Waals surface area (Å²) in [4.78, 5) is 38.0. The number of rotatable bonds is 8. The SMILES string of the molecule is Cc1ccc(NC(=O)CSC(C)C(=O)N(C)CC(=O)Nc2cccc(Cl)c2)cc1. The van der Waals surface area contributed by atoms with Crippen LogP contribution in [0.1, 0.15) is 12.5 Å². The highest BCUT2D eigenvalue weighted by molar-refractivity contribution is 8.01. The highest BCUT2D eigenvalue weighted by Gasteiger charge is 2.21. The van der Waals surface area contributed by atoms with Crippen LogP contribution in [0.5, 0.6) is 0 Å². The Hall–Kier alpha value is -2.51. The second-order valence-electron chi connectivity index (χ2n) is 6.62. The van der Waals surface area contributed by atoms with E-state index in [-0.39, 0.29) is 30.0 Å². The van der Waals surface area contributed by atoms with Crippen LogP contribution in [0.15, 0.2) is 48.5 Å². The average molecular weight is 434 g/mol. The van der Waals surface area contributed by atoms with Gasteiger partial charge in [-0.3, -0.25) is 14.4 Å². The molecule has 0 fully saturated rings. The Kier molecular flexibility index (Phi) is 8.54. The zero-order valence-electron chi connectivity index (χ0n) is 16.6. The molecular weight excluding hydrogens is 410 g/mol. The molecule has 8 heteroatoms. The predicted octanol–water partition coefficient (Wildman–Crippen LogP) is 3.81. The Morgan fingerprint density at radius 3 is 2.34 bits per heavy atom. The molecule has 3 amide bonds. The van der Waals surface area contributed by atoms with Crippen molar-refractivity contribution < 1.29 is 14.4 Å². The van der Waals surface area contributed by atoms with Gasteiger partial charge in [0.2, 0.25) is 17.7 Å². The molecule has 0 aliphatic carbocycles. The third-order valence-corrected chi connectivity index (χ3v) is 5.38. The van der Waals surface area contributed by atoms with Crippen molar-refractivity contribution in [2.24, 2.45) is 0 Å². The number of hydrogen-bond acceptors (Lipinski definition) is 4. The van der Waals surface area contributed by atoms with Crippen LogP contribution in [0, 0.1) is 6.92 Å². The van der Waals surface area contributed by atoms with Gasteiger partial charge in [-0.1, -0.05) is 35.4 Å². The van der Waals surface area contributed by atoms with Crippen molar-refractivity contribution in [3.63, 3.8) is 0 Å². The van der Waals surface area contributed by atoms with Gasteiger partial charge in [-0.2, -0.15) is 0 Å². The molecule has 0 radical (unpaired) electrons. The molecule has 0 aromatic heterocycles. The maximum absolute atomic E-state index is 12.5. The second-order valence-corrected chi connectivity index (χ2v) is 8.39. The van der Waals surface area contributed by atoms with E-state index in [1.54, 1.807) is 38.2 Å². The first-order valence-electron chi connectivity index (χ1n) is 9.03. The lowest BCUT2D eigenvalue weighted by Gasteiger charge is -2.20. The van der Waals surface area contributed by atoms with E-state index < -0.39 is 5.25 Å². The number of nitrogens with one attached hydrogen (secondary N) is 2. The first kappa shape index (κ1) is 22.8. The fourth-order valence-corrected chi connectivity index (χ4v) is 3.46. The Balaban J connectivity index is 1.76. The van der Waals surface area contributed by atoms with E-state index in [2.05, 4.69) is 10.6 Å². The number of hydrogen-bond donors (Lipinski definition) is 2. The Labute approximate surface area is 180 Å². The number of thioether (sulfide) groups is 1. The summed E-state index contributed by atoms with van der Waals surface area (Å²) in [6, 6.07) is 14.3. The van der Waals surface area contributed by atoms with Crippen molar-refractivity contribution in [3.05, 3.63) is 59.1 Å². The highest BCUT2D eigenvalue weighted by Crippen LogP contribution is 2.16. The summed E-state index contributed by atoms with van der Waals surface area (Å²) in [5.74, 6) is -0.583. The van der Waals surface area contributed by atoms with Crippen LogP contribution in [0.4, 0.5) is 11.4 Å². The summed E-state index contributed by atoms with van der Waals surface area (Å²) in [5, 5.41) is 5.56. The molecule has 6 nitrogen and oxygen atoms in total. The molecule has 0 spiro atoms. The summed E-state index contributed by atoms with van der Waals surface area (Å²) in [6.45, 7) is 3.60. The number of aryl methyl sites for hydroxylation is 1. The number of carbonyl (C=O) groups excluding carboxylic acids is 3. The number of anilines is 2. The van der Waals surface area contributed by atoms with Crippen molar-refractivity contribution in [2.75, 3.05) is 30.0 Å². The minimum atomic E-state index is -0.456. The van der Waals surface area contributed by atoms with Crippen LogP contribution >= 0.6 is 23.4 Å². The number of likely N-dealkylation sites (N-methyl/N-ethyl adjacent to an activating group) is 1. The Bertz CT molecular complexity index is 874. The standard InChI is InChI=1S/C21H24ClN3O3S/c1-14-7-9-17(10-8-14)23-20(27)13-29-15(2)21(28)25(3)12-19(26)24-18-6-4-5-16(22)11-18/h4-11,15H,12-13H2,1-3H3,(H,23,27)(H,24,26). The largest absolute Gasteiger partial charge is 0.335 e. The first-order valence-corrected chi connectivity index (χ1v) is 10.5. The molecule has 0 saturated carbocycles. The summed E-state index contributed by atoms with van der Waals surface area (Å²) >= 11 is 7.12. The van der Waals surface area contributed by atoms with Gasteiger partial charge in [0.25, 0.3) is 0 Å². The normalized spacial score (nSPS) is 11.4.